The number of hydrogen-bond acceptors (Lipinski definition) is 10. The summed E-state index contributed by atoms with van der Waals surface area (Å²) < 4.78 is 52.5. The summed E-state index contributed by atoms with van der Waals surface area (Å²) in [4.78, 5) is 41.2. The van der Waals surface area contributed by atoms with E-state index in [9.17, 15) is 36.0 Å². The van der Waals surface area contributed by atoms with Crippen molar-refractivity contribution in [1.82, 2.24) is 0 Å². The third-order valence-corrected chi connectivity index (χ3v) is 5.79. The Balaban J connectivity index is -0.000000451. The number of carboxylic acids is 4. The van der Waals surface area contributed by atoms with Crippen LogP contribution >= 0.6 is 0 Å². The zero-order valence-electron chi connectivity index (χ0n) is 15.7. The second-order valence-corrected chi connectivity index (χ2v) is 8.23. The molecule has 0 saturated heterocycles. The van der Waals surface area contributed by atoms with Gasteiger partial charge in [-0.1, -0.05) is 0 Å². The first-order valence-corrected chi connectivity index (χ1v) is 10.2. The molecular weight excluding hydrogens is 455 g/mol. The molecule has 1 radical (unpaired) electrons. The van der Waals surface area contributed by atoms with E-state index in [1.54, 1.807) is 0 Å². The van der Waals surface area contributed by atoms with Crippen molar-refractivity contribution in [1.29, 1.82) is 0 Å². The van der Waals surface area contributed by atoms with Gasteiger partial charge < -0.3 is 20.4 Å². The fourth-order valence-electron chi connectivity index (χ4n) is 1.44. The summed E-state index contributed by atoms with van der Waals surface area (Å²) in [5, 5.41) is 29.4. The first kappa shape index (κ1) is 32.4. The Morgan fingerprint density at radius 2 is 0.931 bits per heavy atom. The zero-order chi connectivity index (χ0) is 22.7. The Morgan fingerprint density at radius 1 is 0.690 bits per heavy atom. The van der Waals surface area contributed by atoms with Gasteiger partial charge >= 0.3 is 23.9 Å². The topological polar surface area (TPSA) is 236 Å². The van der Waals surface area contributed by atoms with Crippen molar-refractivity contribution in [2.75, 3.05) is 13.2 Å². The monoisotopic (exact) mass is 475 g/mol. The van der Waals surface area contributed by atoms with Gasteiger partial charge in [0.1, 0.15) is 0 Å². The van der Waals surface area contributed by atoms with Gasteiger partial charge in [0.15, 0.2) is 10.5 Å². The predicted octanol–water partition coefficient (Wildman–Crippen LogP) is -1.82. The third kappa shape index (κ3) is 13.5. The first-order valence-electron chi connectivity index (χ1n) is 7.27. The van der Waals surface area contributed by atoms with E-state index in [1.165, 1.54) is 13.8 Å². The second-order valence-electron chi connectivity index (χ2n) is 4.65. The van der Waals surface area contributed by atoms with Gasteiger partial charge in [0.05, 0.1) is 26.1 Å². The average molecular weight is 475 g/mol. The van der Waals surface area contributed by atoms with Crippen molar-refractivity contribution < 1.29 is 64.8 Å². The van der Waals surface area contributed by atoms with Crippen LogP contribution in [0.5, 0.6) is 0 Å². The fraction of sp³-hybridized carbons (Fsp3) is 0.667. The Labute approximate surface area is 188 Å². The smallest absolute Gasteiger partial charge is 0.325 e. The van der Waals surface area contributed by atoms with Gasteiger partial charge in [-0.15, -0.1) is 0 Å². The SMILES string of the molecule is CCOS(=O)(=O)C(CC(=O)O)C(=O)O.CCOS(=O)(=O)C(CC(=O)O)C(=O)O.[Na]. The molecule has 0 bridgehead atoms. The van der Waals surface area contributed by atoms with Crippen LogP contribution in [0.3, 0.4) is 0 Å². The molecular formula is C12H20NaO14S2. The molecule has 2 unspecified atom stereocenters. The second kappa shape index (κ2) is 14.6. The summed E-state index contributed by atoms with van der Waals surface area (Å²) in [6, 6.07) is 0. The standard InChI is InChI=1S/2C6H10O7S.Na/c2*1-2-13-14(11,12)4(6(9)10)3-5(7)8;/h2*4H,2-3H2,1H3,(H,7,8)(H,9,10);. The minimum Gasteiger partial charge on any atom is -0.481 e. The van der Waals surface area contributed by atoms with Crippen LogP contribution in [0.1, 0.15) is 26.7 Å². The van der Waals surface area contributed by atoms with E-state index in [0.29, 0.717) is 0 Å². The van der Waals surface area contributed by atoms with Gasteiger partial charge in [0.2, 0.25) is 0 Å². The van der Waals surface area contributed by atoms with Gasteiger partial charge in [-0.2, -0.15) is 16.8 Å². The Hall–Kier alpha value is -1.30. The van der Waals surface area contributed by atoms with Crippen LogP contribution < -0.4 is 0 Å². The maximum absolute atomic E-state index is 11.0. The molecule has 0 aliphatic rings. The molecule has 14 nitrogen and oxygen atoms in total. The van der Waals surface area contributed by atoms with E-state index >= 15 is 0 Å². The molecule has 0 aromatic heterocycles. The molecule has 0 aliphatic carbocycles. The van der Waals surface area contributed by atoms with Crippen LogP contribution in [0.25, 0.3) is 0 Å². The van der Waals surface area contributed by atoms with Crippen molar-refractivity contribution in [3.05, 3.63) is 0 Å². The molecule has 2 atom stereocenters. The molecule has 165 valence electrons. The fourth-order valence-corrected chi connectivity index (χ4v) is 3.61. The van der Waals surface area contributed by atoms with Gasteiger partial charge in [0.25, 0.3) is 20.2 Å². The van der Waals surface area contributed by atoms with Gasteiger partial charge in [-0.25, -0.2) is 0 Å². The number of rotatable bonds is 12. The molecule has 4 N–H and O–H groups in total. The summed E-state index contributed by atoms with van der Waals surface area (Å²) in [6.07, 6.45) is -2.03. The molecule has 0 aromatic carbocycles. The van der Waals surface area contributed by atoms with Crippen molar-refractivity contribution >= 4 is 73.7 Å². The normalized spacial score (nSPS) is 13.0. The average Bonchev–Trinajstić information content (AvgIpc) is 2.49. The summed E-state index contributed by atoms with van der Waals surface area (Å²) in [5.74, 6) is -6.50. The van der Waals surface area contributed by atoms with Crippen LogP contribution in [0.2, 0.25) is 0 Å². The Morgan fingerprint density at radius 3 is 1.07 bits per heavy atom. The molecule has 0 spiro atoms. The molecule has 17 heteroatoms. The zero-order valence-corrected chi connectivity index (χ0v) is 19.3. The van der Waals surface area contributed by atoms with E-state index in [2.05, 4.69) is 8.37 Å². The van der Waals surface area contributed by atoms with E-state index in [-0.39, 0.29) is 42.8 Å². The Kier molecular flexibility index (Phi) is 16.3. The first-order chi connectivity index (χ1) is 12.6. The van der Waals surface area contributed by atoms with Crippen LogP contribution in [0.4, 0.5) is 0 Å². The van der Waals surface area contributed by atoms with E-state index in [1.807, 2.05) is 0 Å². The van der Waals surface area contributed by atoms with Crippen LogP contribution in [-0.2, 0) is 47.8 Å². The van der Waals surface area contributed by atoms with Crippen LogP contribution in [-0.4, -0.2) is 114 Å². The minimum absolute atomic E-state index is 0. The number of aliphatic carboxylic acids is 4. The Bertz CT molecular complexity index is 706. The minimum atomic E-state index is -4.35. The molecule has 0 aromatic rings. The molecule has 0 saturated carbocycles. The predicted molar refractivity (Wildman–Crippen MR) is 94.2 cm³/mol. The summed E-state index contributed by atoms with van der Waals surface area (Å²) in [7, 11) is -8.69. The number of carbonyl (C=O) groups is 4. The van der Waals surface area contributed by atoms with Crippen LogP contribution in [0.15, 0.2) is 0 Å². The largest absolute Gasteiger partial charge is 0.481 e. The van der Waals surface area contributed by atoms with Gasteiger partial charge in [-0.3, -0.25) is 27.5 Å². The molecule has 0 heterocycles. The molecule has 0 aliphatic heterocycles. The maximum atomic E-state index is 11.0. The van der Waals surface area contributed by atoms with Crippen molar-refractivity contribution in [2.24, 2.45) is 0 Å². The van der Waals surface area contributed by atoms with Crippen molar-refractivity contribution in [3.63, 3.8) is 0 Å². The van der Waals surface area contributed by atoms with E-state index in [0.717, 1.165) is 0 Å². The molecule has 0 amide bonds. The third-order valence-electron chi connectivity index (χ3n) is 2.53. The van der Waals surface area contributed by atoms with Gasteiger partial charge in [0, 0.05) is 29.6 Å². The number of hydrogen-bond donors (Lipinski definition) is 4. The summed E-state index contributed by atoms with van der Waals surface area (Å²) in [6.45, 7) is 2.26. The van der Waals surface area contributed by atoms with Crippen molar-refractivity contribution in [3.8, 4) is 0 Å². The van der Waals surface area contributed by atoms with E-state index in [4.69, 9.17) is 20.4 Å². The summed E-state index contributed by atoms with van der Waals surface area (Å²) >= 11 is 0. The quantitative estimate of drug-likeness (QED) is 0.180. The summed E-state index contributed by atoms with van der Waals surface area (Å²) in [5.41, 5.74) is 0. The van der Waals surface area contributed by atoms with E-state index < -0.39 is 67.5 Å². The molecule has 0 rings (SSSR count). The molecule has 29 heavy (non-hydrogen) atoms. The van der Waals surface area contributed by atoms with Crippen LogP contribution in [0, 0.1) is 0 Å². The molecule has 0 fully saturated rings. The number of carboxylic acid groups (broad SMARTS) is 4. The van der Waals surface area contributed by atoms with Gasteiger partial charge in [-0.05, 0) is 13.8 Å². The van der Waals surface area contributed by atoms with Crippen molar-refractivity contribution in [2.45, 2.75) is 37.2 Å². The maximum Gasteiger partial charge on any atom is 0.325 e.